The second kappa shape index (κ2) is 4.98. The number of benzene rings is 1. The van der Waals surface area contributed by atoms with Crippen LogP contribution in [0, 0.1) is 0 Å². The molecule has 1 aromatic carbocycles. The molecule has 0 bridgehead atoms. The minimum atomic E-state index is -0.732. The maximum Gasteiger partial charge on any atom is 0.518 e. The van der Waals surface area contributed by atoms with Gasteiger partial charge in [0.15, 0.2) is 0 Å². The van der Waals surface area contributed by atoms with Crippen molar-refractivity contribution in [2.75, 3.05) is 0 Å². The maximum atomic E-state index is 10.9. The van der Waals surface area contributed by atoms with Crippen molar-refractivity contribution in [3.8, 4) is 5.75 Å². The number of hydrogen-bond donors (Lipinski definition) is 0. The predicted octanol–water partition coefficient (Wildman–Crippen LogP) is 2.74. The molecule has 0 saturated carbocycles. The largest absolute Gasteiger partial charge is 0.518 e. The van der Waals surface area contributed by atoms with Crippen molar-refractivity contribution in [2.45, 2.75) is 6.92 Å². The van der Waals surface area contributed by atoms with Gasteiger partial charge in [0, 0.05) is 0 Å². The molecule has 1 rings (SSSR count). The third-order valence-electron chi connectivity index (χ3n) is 1.24. The summed E-state index contributed by atoms with van der Waals surface area (Å²) in [6, 6.07) is 8.74. The van der Waals surface area contributed by atoms with E-state index in [9.17, 15) is 4.79 Å². The van der Waals surface area contributed by atoms with Gasteiger partial charge in [-0.3, -0.25) is 0 Å². The molecular weight excluding hydrogens is 168 g/mol. The van der Waals surface area contributed by atoms with E-state index in [-0.39, 0.29) is 0 Å². The molecule has 0 amide bonds. The average molecular weight is 178 g/mol. The van der Waals surface area contributed by atoms with Crippen molar-refractivity contribution >= 4 is 6.16 Å². The molecule has 0 unspecified atom stereocenters. The van der Waals surface area contributed by atoms with E-state index in [0.717, 1.165) is 0 Å². The summed E-state index contributed by atoms with van der Waals surface area (Å²) >= 11 is 0. The van der Waals surface area contributed by atoms with Gasteiger partial charge in [0.2, 0.25) is 0 Å². The Labute approximate surface area is 76.6 Å². The Kier molecular flexibility index (Phi) is 3.57. The van der Waals surface area contributed by atoms with Crippen LogP contribution in [0.3, 0.4) is 0 Å². The first-order valence-electron chi connectivity index (χ1n) is 3.87. The van der Waals surface area contributed by atoms with Crippen LogP contribution >= 0.6 is 0 Å². The second-order valence-electron chi connectivity index (χ2n) is 2.25. The fourth-order valence-corrected chi connectivity index (χ4v) is 0.732. The Balaban J connectivity index is 2.46. The van der Waals surface area contributed by atoms with Gasteiger partial charge in [0.1, 0.15) is 5.75 Å². The van der Waals surface area contributed by atoms with Crippen LogP contribution in [0.5, 0.6) is 5.75 Å². The molecule has 68 valence electrons. The van der Waals surface area contributed by atoms with Gasteiger partial charge in [-0.05, 0) is 19.1 Å². The lowest BCUT2D eigenvalue weighted by Crippen LogP contribution is -2.06. The number of rotatable bonds is 2. The van der Waals surface area contributed by atoms with E-state index in [1.165, 1.54) is 6.26 Å². The summed E-state index contributed by atoms with van der Waals surface area (Å²) in [5, 5.41) is 0. The molecule has 0 aliphatic heterocycles. The fourth-order valence-electron chi connectivity index (χ4n) is 0.732. The number of carbonyl (C=O) groups excluding carboxylic acids is 1. The molecule has 0 fully saturated rings. The Bertz CT molecular complexity index is 290. The number of ether oxygens (including phenoxy) is 2. The van der Waals surface area contributed by atoms with Crippen molar-refractivity contribution in [3.63, 3.8) is 0 Å². The molecule has 1 aromatic rings. The first kappa shape index (κ1) is 9.32. The topological polar surface area (TPSA) is 35.5 Å². The number of allylic oxidation sites excluding steroid dienone is 1. The van der Waals surface area contributed by atoms with Gasteiger partial charge in [0.25, 0.3) is 0 Å². The van der Waals surface area contributed by atoms with Gasteiger partial charge < -0.3 is 9.47 Å². The minimum Gasteiger partial charge on any atom is -0.403 e. The van der Waals surface area contributed by atoms with Crippen molar-refractivity contribution in [2.24, 2.45) is 0 Å². The van der Waals surface area contributed by atoms with E-state index in [4.69, 9.17) is 4.74 Å². The monoisotopic (exact) mass is 178 g/mol. The van der Waals surface area contributed by atoms with Gasteiger partial charge in [-0.15, -0.1) is 0 Å². The highest BCUT2D eigenvalue weighted by molar-refractivity contribution is 5.64. The third-order valence-corrected chi connectivity index (χ3v) is 1.24. The van der Waals surface area contributed by atoms with E-state index < -0.39 is 6.16 Å². The van der Waals surface area contributed by atoms with Crippen molar-refractivity contribution < 1.29 is 14.3 Å². The molecule has 13 heavy (non-hydrogen) atoms. The van der Waals surface area contributed by atoms with E-state index in [1.54, 1.807) is 37.3 Å². The first-order chi connectivity index (χ1) is 6.33. The summed E-state index contributed by atoms with van der Waals surface area (Å²) < 4.78 is 9.36. The molecule has 0 saturated heterocycles. The fraction of sp³-hybridized carbons (Fsp3) is 0.100. The van der Waals surface area contributed by atoms with Gasteiger partial charge in [-0.25, -0.2) is 4.79 Å². The zero-order valence-corrected chi connectivity index (χ0v) is 7.27. The van der Waals surface area contributed by atoms with Gasteiger partial charge >= 0.3 is 6.16 Å². The second-order valence-corrected chi connectivity index (χ2v) is 2.25. The van der Waals surface area contributed by atoms with Crippen molar-refractivity contribution in [1.82, 2.24) is 0 Å². The van der Waals surface area contributed by atoms with E-state index in [2.05, 4.69) is 4.74 Å². The molecule has 0 heterocycles. The normalized spacial score (nSPS) is 9.92. The molecule has 0 radical (unpaired) electrons. The van der Waals surface area contributed by atoms with Crippen LogP contribution < -0.4 is 4.74 Å². The van der Waals surface area contributed by atoms with Crippen LogP contribution in [-0.4, -0.2) is 6.16 Å². The Morgan fingerprint density at radius 1 is 1.31 bits per heavy atom. The number of carbonyl (C=O) groups is 1. The molecule has 0 aliphatic rings. The number of hydrogen-bond acceptors (Lipinski definition) is 3. The lowest BCUT2D eigenvalue weighted by atomic mass is 10.3. The number of para-hydroxylation sites is 1. The van der Waals surface area contributed by atoms with Gasteiger partial charge in [-0.1, -0.05) is 24.3 Å². The minimum absolute atomic E-state index is 0.469. The van der Waals surface area contributed by atoms with E-state index in [0.29, 0.717) is 5.75 Å². The summed E-state index contributed by atoms with van der Waals surface area (Å²) in [6.07, 6.45) is 2.14. The lowest BCUT2D eigenvalue weighted by molar-refractivity contribution is 0.135. The summed E-state index contributed by atoms with van der Waals surface area (Å²) in [5.41, 5.74) is 0. The van der Waals surface area contributed by atoms with Crippen LogP contribution in [0.2, 0.25) is 0 Å². The molecule has 0 spiro atoms. The van der Waals surface area contributed by atoms with Crippen molar-refractivity contribution in [3.05, 3.63) is 42.7 Å². The average Bonchev–Trinajstić information content (AvgIpc) is 2.16. The highest BCUT2D eigenvalue weighted by atomic mass is 16.7. The Morgan fingerprint density at radius 3 is 2.62 bits per heavy atom. The zero-order chi connectivity index (χ0) is 9.52. The molecule has 0 aliphatic carbocycles. The van der Waals surface area contributed by atoms with Crippen LogP contribution in [0.1, 0.15) is 6.92 Å². The molecule has 3 heteroatoms. The summed E-state index contributed by atoms with van der Waals surface area (Å²) in [6.45, 7) is 1.75. The van der Waals surface area contributed by atoms with Crippen LogP contribution in [-0.2, 0) is 4.74 Å². The van der Waals surface area contributed by atoms with Crippen LogP contribution in [0.4, 0.5) is 4.79 Å². The highest BCUT2D eigenvalue weighted by Gasteiger charge is 2.01. The standard InChI is InChI=1S/C10H10O3/c1-2-8-12-10(11)13-9-6-4-3-5-7-9/h2-8H,1H3. The molecule has 0 N–H and O–H groups in total. The lowest BCUT2D eigenvalue weighted by Gasteiger charge is -2.00. The summed E-state index contributed by atoms with van der Waals surface area (Å²) in [4.78, 5) is 10.9. The molecule has 0 atom stereocenters. The first-order valence-corrected chi connectivity index (χ1v) is 3.87. The smallest absolute Gasteiger partial charge is 0.403 e. The Hall–Kier alpha value is -1.77. The van der Waals surface area contributed by atoms with Gasteiger partial charge in [-0.2, -0.15) is 0 Å². The third kappa shape index (κ3) is 3.42. The van der Waals surface area contributed by atoms with Crippen LogP contribution in [0.25, 0.3) is 0 Å². The van der Waals surface area contributed by atoms with Gasteiger partial charge in [0.05, 0.1) is 6.26 Å². The SMILES string of the molecule is CC=COC(=O)Oc1ccccc1. The van der Waals surface area contributed by atoms with E-state index >= 15 is 0 Å². The van der Waals surface area contributed by atoms with E-state index in [1.807, 2.05) is 6.07 Å². The molecule has 3 nitrogen and oxygen atoms in total. The predicted molar refractivity (Wildman–Crippen MR) is 48.4 cm³/mol. The van der Waals surface area contributed by atoms with Crippen molar-refractivity contribution in [1.29, 1.82) is 0 Å². The summed E-state index contributed by atoms with van der Waals surface area (Å²) in [7, 11) is 0. The zero-order valence-electron chi connectivity index (χ0n) is 7.27. The summed E-state index contributed by atoms with van der Waals surface area (Å²) in [5.74, 6) is 0.469. The van der Waals surface area contributed by atoms with Crippen LogP contribution in [0.15, 0.2) is 42.7 Å². The maximum absolute atomic E-state index is 10.9. The molecule has 0 aromatic heterocycles. The Morgan fingerprint density at radius 2 is 2.00 bits per heavy atom. The quantitative estimate of drug-likeness (QED) is 0.397. The highest BCUT2D eigenvalue weighted by Crippen LogP contribution is 2.08. The molecular formula is C10H10O3.